The number of hydrogen-bond acceptors (Lipinski definition) is 3. The van der Waals surface area contributed by atoms with E-state index in [-0.39, 0.29) is 6.03 Å². The van der Waals surface area contributed by atoms with Gasteiger partial charge in [0.05, 0.1) is 17.8 Å². The molecule has 6 heteroatoms. The number of amides is 2. The summed E-state index contributed by atoms with van der Waals surface area (Å²) < 4.78 is 5.05. The zero-order valence-corrected chi connectivity index (χ0v) is 12.4. The van der Waals surface area contributed by atoms with E-state index in [9.17, 15) is 4.79 Å². The maximum atomic E-state index is 11.8. The van der Waals surface area contributed by atoms with Crippen molar-refractivity contribution in [2.45, 2.75) is 6.42 Å². The van der Waals surface area contributed by atoms with E-state index in [4.69, 9.17) is 16.3 Å². The van der Waals surface area contributed by atoms with Gasteiger partial charge in [0.2, 0.25) is 0 Å². The number of anilines is 1. The summed E-state index contributed by atoms with van der Waals surface area (Å²) in [5, 5.41) is 5.89. The third-order valence-corrected chi connectivity index (χ3v) is 3.16. The van der Waals surface area contributed by atoms with Gasteiger partial charge < -0.3 is 15.4 Å². The van der Waals surface area contributed by atoms with Crippen LogP contribution >= 0.6 is 11.6 Å². The molecule has 1 aromatic carbocycles. The smallest absolute Gasteiger partial charge is 0.319 e. The first-order chi connectivity index (χ1) is 10.2. The minimum Gasteiger partial charge on any atom is -0.497 e. The zero-order chi connectivity index (χ0) is 15.1. The highest BCUT2D eigenvalue weighted by Gasteiger charge is 2.06. The molecule has 0 aliphatic rings. The maximum absolute atomic E-state index is 11.8. The standard InChI is InChI=1S/C15H16ClN3O2/c1-21-12-4-5-14(13(16)9-12)19-15(20)18-8-6-11-3-2-7-17-10-11/h2-5,7,9-10H,6,8H2,1H3,(H2,18,19,20). The molecule has 21 heavy (non-hydrogen) atoms. The van der Waals surface area contributed by atoms with Crippen LogP contribution in [0.15, 0.2) is 42.7 Å². The molecule has 0 saturated carbocycles. The summed E-state index contributed by atoms with van der Waals surface area (Å²) in [6.45, 7) is 0.519. The van der Waals surface area contributed by atoms with E-state index in [1.165, 1.54) is 0 Å². The number of halogens is 1. The number of hydrogen-bond donors (Lipinski definition) is 2. The van der Waals surface area contributed by atoms with Crippen molar-refractivity contribution in [3.05, 3.63) is 53.3 Å². The molecule has 0 aliphatic heterocycles. The predicted octanol–water partition coefficient (Wildman–Crippen LogP) is 3.11. The van der Waals surface area contributed by atoms with E-state index >= 15 is 0 Å². The summed E-state index contributed by atoms with van der Waals surface area (Å²) in [6, 6.07) is 8.61. The van der Waals surface area contributed by atoms with Crippen molar-refractivity contribution in [3.8, 4) is 5.75 Å². The molecule has 2 aromatic rings. The number of ether oxygens (including phenoxy) is 1. The van der Waals surface area contributed by atoms with E-state index in [2.05, 4.69) is 15.6 Å². The number of nitrogens with zero attached hydrogens (tertiary/aromatic N) is 1. The lowest BCUT2D eigenvalue weighted by atomic mass is 10.2. The van der Waals surface area contributed by atoms with E-state index in [0.717, 1.165) is 12.0 Å². The van der Waals surface area contributed by atoms with Gasteiger partial charge in [0, 0.05) is 25.0 Å². The lowest BCUT2D eigenvalue weighted by Gasteiger charge is -2.10. The van der Waals surface area contributed by atoms with Crippen LogP contribution in [0.3, 0.4) is 0 Å². The summed E-state index contributed by atoms with van der Waals surface area (Å²) in [4.78, 5) is 15.8. The van der Waals surface area contributed by atoms with Crippen molar-refractivity contribution < 1.29 is 9.53 Å². The van der Waals surface area contributed by atoms with Crippen LogP contribution in [0.2, 0.25) is 5.02 Å². The van der Waals surface area contributed by atoms with Crippen molar-refractivity contribution >= 4 is 23.3 Å². The Morgan fingerprint density at radius 3 is 2.90 bits per heavy atom. The summed E-state index contributed by atoms with van der Waals surface area (Å²) in [5.74, 6) is 0.641. The molecule has 0 aliphatic carbocycles. The molecule has 5 nitrogen and oxygen atoms in total. The van der Waals surface area contributed by atoms with E-state index in [1.807, 2.05) is 12.1 Å². The zero-order valence-electron chi connectivity index (χ0n) is 11.6. The molecule has 2 N–H and O–H groups in total. The van der Waals surface area contributed by atoms with Crippen molar-refractivity contribution in [2.75, 3.05) is 19.0 Å². The van der Waals surface area contributed by atoms with Crippen molar-refractivity contribution in [1.82, 2.24) is 10.3 Å². The molecule has 0 spiro atoms. The Hall–Kier alpha value is -2.27. The molecule has 0 bridgehead atoms. The number of rotatable bonds is 5. The second kappa shape index (κ2) is 7.50. The van der Waals surface area contributed by atoms with Crippen LogP contribution in [-0.2, 0) is 6.42 Å². The van der Waals surface area contributed by atoms with Crippen LogP contribution in [0, 0.1) is 0 Å². The molecule has 2 rings (SSSR count). The minimum atomic E-state index is -0.300. The van der Waals surface area contributed by atoms with Gasteiger partial charge >= 0.3 is 6.03 Å². The number of methoxy groups -OCH3 is 1. The van der Waals surface area contributed by atoms with Gasteiger partial charge in [0.1, 0.15) is 5.75 Å². The third-order valence-electron chi connectivity index (χ3n) is 2.85. The van der Waals surface area contributed by atoms with Crippen LogP contribution in [0.4, 0.5) is 10.5 Å². The summed E-state index contributed by atoms with van der Waals surface area (Å²) in [6.07, 6.45) is 4.22. The first-order valence-corrected chi connectivity index (χ1v) is 6.84. The van der Waals surface area contributed by atoms with Crippen molar-refractivity contribution in [1.29, 1.82) is 0 Å². The first-order valence-electron chi connectivity index (χ1n) is 6.46. The van der Waals surface area contributed by atoms with Gasteiger partial charge in [-0.25, -0.2) is 4.79 Å². The Balaban J connectivity index is 1.82. The third kappa shape index (κ3) is 4.65. The van der Waals surface area contributed by atoms with E-state index < -0.39 is 0 Å². The van der Waals surface area contributed by atoms with Gasteiger partial charge in [-0.15, -0.1) is 0 Å². The Labute approximate surface area is 128 Å². The Morgan fingerprint density at radius 1 is 1.38 bits per heavy atom. The highest BCUT2D eigenvalue weighted by molar-refractivity contribution is 6.33. The van der Waals surface area contributed by atoms with Gasteiger partial charge in [-0.2, -0.15) is 0 Å². The van der Waals surface area contributed by atoms with Crippen LogP contribution in [0.5, 0.6) is 5.75 Å². The maximum Gasteiger partial charge on any atom is 0.319 e. The highest BCUT2D eigenvalue weighted by Crippen LogP contribution is 2.26. The molecular weight excluding hydrogens is 290 g/mol. The monoisotopic (exact) mass is 305 g/mol. The van der Waals surface area contributed by atoms with Gasteiger partial charge in [-0.05, 0) is 30.2 Å². The molecule has 0 fully saturated rings. The summed E-state index contributed by atoms with van der Waals surface area (Å²) in [7, 11) is 1.56. The van der Waals surface area contributed by atoms with Gasteiger partial charge in [-0.3, -0.25) is 4.98 Å². The molecule has 1 heterocycles. The quantitative estimate of drug-likeness (QED) is 0.892. The topological polar surface area (TPSA) is 63.2 Å². The number of carbonyl (C=O) groups excluding carboxylic acids is 1. The fourth-order valence-corrected chi connectivity index (χ4v) is 1.97. The predicted molar refractivity (Wildman–Crippen MR) is 83.0 cm³/mol. The van der Waals surface area contributed by atoms with Gasteiger partial charge in [-0.1, -0.05) is 17.7 Å². The second-order valence-corrected chi connectivity index (χ2v) is 4.75. The van der Waals surface area contributed by atoms with Crippen molar-refractivity contribution in [2.24, 2.45) is 0 Å². The largest absolute Gasteiger partial charge is 0.497 e. The first kappa shape index (κ1) is 15.1. The van der Waals surface area contributed by atoms with Crippen LogP contribution in [0.1, 0.15) is 5.56 Å². The lowest BCUT2D eigenvalue weighted by molar-refractivity contribution is 0.252. The van der Waals surface area contributed by atoms with E-state index in [1.54, 1.807) is 37.7 Å². The Bertz CT molecular complexity index is 605. The summed E-state index contributed by atoms with van der Waals surface area (Å²) >= 11 is 6.05. The number of benzene rings is 1. The lowest BCUT2D eigenvalue weighted by Crippen LogP contribution is -2.30. The average molecular weight is 306 g/mol. The molecule has 0 saturated heterocycles. The average Bonchev–Trinajstić information content (AvgIpc) is 2.50. The molecule has 0 atom stereocenters. The van der Waals surface area contributed by atoms with Crippen LogP contribution in [0.25, 0.3) is 0 Å². The number of carbonyl (C=O) groups is 1. The number of aromatic nitrogens is 1. The van der Waals surface area contributed by atoms with E-state index in [0.29, 0.717) is 23.0 Å². The minimum absolute atomic E-state index is 0.300. The fourth-order valence-electron chi connectivity index (χ4n) is 1.76. The van der Waals surface area contributed by atoms with Crippen molar-refractivity contribution in [3.63, 3.8) is 0 Å². The van der Waals surface area contributed by atoms with Gasteiger partial charge in [0.15, 0.2) is 0 Å². The number of urea groups is 1. The molecule has 2 amide bonds. The summed E-state index contributed by atoms with van der Waals surface area (Å²) in [5.41, 5.74) is 1.61. The number of nitrogens with one attached hydrogen (secondary N) is 2. The normalized spacial score (nSPS) is 10.0. The Morgan fingerprint density at radius 2 is 2.24 bits per heavy atom. The molecule has 0 unspecified atom stereocenters. The second-order valence-electron chi connectivity index (χ2n) is 4.34. The SMILES string of the molecule is COc1ccc(NC(=O)NCCc2cccnc2)c(Cl)c1. The Kier molecular flexibility index (Phi) is 5.40. The fraction of sp³-hybridized carbons (Fsp3) is 0.200. The molecular formula is C15H16ClN3O2. The van der Waals surface area contributed by atoms with Crippen LogP contribution in [-0.4, -0.2) is 24.7 Å². The molecule has 1 aromatic heterocycles. The highest BCUT2D eigenvalue weighted by atomic mass is 35.5. The number of pyridine rings is 1. The van der Waals surface area contributed by atoms with Gasteiger partial charge in [0.25, 0.3) is 0 Å². The van der Waals surface area contributed by atoms with Crippen LogP contribution < -0.4 is 15.4 Å². The molecule has 0 radical (unpaired) electrons. The molecule has 110 valence electrons.